The van der Waals surface area contributed by atoms with Crippen molar-refractivity contribution >= 4 is 22.6 Å². The Balaban J connectivity index is 1.65. The maximum atomic E-state index is 12.3. The van der Waals surface area contributed by atoms with Gasteiger partial charge in [-0.15, -0.1) is 0 Å². The van der Waals surface area contributed by atoms with Gasteiger partial charge in [0.15, 0.2) is 0 Å². The molecule has 0 bridgehead atoms. The summed E-state index contributed by atoms with van der Waals surface area (Å²) in [4.78, 5) is 16.9. The molecule has 4 nitrogen and oxygen atoms in total. The smallest absolute Gasteiger partial charge is 0.242 e. The minimum atomic E-state index is -0.359. The molecule has 1 heterocycles. The van der Waals surface area contributed by atoms with E-state index in [9.17, 15) is 4.79 Å². The number of pyridine rings is 1. The molecule has 4 heteroatoms. The number of amides is 1. The van der Waals surface area contributed by atoms with E-state index in [1.807, 2.05) is 61.5 Å². The number of rotatable bonds is 5. The number of fused-ring (bicyclic) bond motifs is 1. The first-order valence-electron chi connectivity index (χ1n) is 8.08. The molecule has 3 aromatic rings. The zero-order valence-corrected chi connectivity index (χ0v) is 13.9. The lowest BCUT2D eigenvalue weighted by Gasteiger charge is -2.16. The van der Waals surface area contributed by atoms with E-state index in [1.54, 1.807) is 0 Å². The Kier molecular flexibility index (Phi) is 4.75. The highest BCUT2D eigenvalue weighted by atomic mass is 16.2. The molecule has 0 fully saturated rings. The second kappa shape index (κ2) is 7.13. The Morgan fingerprint density at radius 2 is 1.79 bits per heavy atom. The lowest BCUT2D eigenvalue weighted by atomic mass is 10.1. The molecule has 3 rings (SSSR count). The lowest BCUT2D eigenvalue weighted by molar-refractivity contribution is -0.121. The molecule has 122 valence electrons. The molecule has 1 amide bonds. The number of para-hydroxylation sites is 1. The largest absolute Gasteiger partial charge is 0.359 e. The Morgan fingerprint density at radius 1 is 1.08 bits per heavy atom. The van der Waals surface area contributed by atoms with Crippen molar-refractivity contribution < 1.29 is 4.79 Å². The van der Waals surface area contributed by atoms with E-state index in [4.69, 9.17) is 0 Å². The molecule has 2 N–H and O–H groups in total. The third-order valence-electron chi connectivity index (χ3n) is 3.99. The first-order chi connectivity index (χ1) is 11.6. The summed E-state index contributed by atoms with van der Waals surface area (Å²) in [6.45, 7) is 4.41. The summed E-state index contributed by atoms with van der Waals surface area (Å²) < 4.78 is 0. The number of hydrogen-bond acceptors (Lipinski definition) is 3. The molecule has 24 heavy (non-hydrogen) atoms. The van der Waals surface area contributed by atoms with E-state index in [0.717, 1.165) is 22.0 Å². The van der Waals surface area contributed by atoms with Crippen LogP contribution < -0.4 is 10.6 Å². The van der Waals surface area contributed by atoms with Crippen LogP contribution in [0.15, 0.2) is 60.7 Å². The Bertz CT molecular complexity index is 846. The molecular weight excluding hydrogens is 298 g/mol. The molecule has 1 aromatic heterocycles. The molecule has 0 aliphatic rings. The number of aryl methyl sites for hydroxylation is 1. The van der Waals surface area contributed by atoms with E-state index < -0.39 is 0 Å². The summed E-state index contributed by atoms with van der Waals surface area (Å²) >= 11 is 0. The monoisotopic (exact) mass is 319 g/mol. The highest BCUT2D eigenvalue weighted by Gasteiger charge is 2.13. The fourth-order valence-electron chi connectivity index (χ4n) is 2.65. The number of carbonyl (C=O) groups excluding carboxylic acids is 1. The van der Waals surface area contributed by atoms with Crippen molar-refractivity contribution in [3.63, 3.8) is 0 Å². The average molecular weight is 319 g/mol. The van der Waals surface area contributed by atoms with Crippen LogP contribution in [0.1, 0.15) is 18.1 Å². The van der Waals surface area contributed by atoms with Gasteiger partial charge < -0.3 is 10.6 Å². The average Bonchev–Trinajstić information content (AvgIpc) is 2.60. The van der Waals surface area contributed by atoms with Crippen LogP contribution in [0.25, 0.3) is 10.9 Å². The lowest BCUT2D eigenvalue weighted by Crippen LogP contribution is -2.37. The molecule has 0 aliphatic carbocycles. The van der Waals surface area contributed by atoms with Gasteiger partial charge in [0.1, 0.15) is 11.9 Å². The maximum absolute atomic E-state index is 12.3. The predicted molar refractivity (Wildman–Crippen MR) is 97.9 cm³/mol. The van der Waals surface area contributed by atoms with Gasteiger partial charge in [0.05, 0.1) is 5.52 Å². The van der Waals surface area contributed by atoms with Gasteiger partial charge in [-0.2, -0.15) is 0 Å². The standard InChI is InChI=1S/C20H21N3O/c1-14-12-19(23-18-11-7-6-10-17(14)18)22-15(2)20(24)21-13-16-8-4-3-5-9-16/h3-12,15H,13H2,1-2H3,(H,21,24)(H,22,23). The molecule has 0 saturated heterocycles. The zero-order chi connectivity index (χ0) is 16.9. The number of carbonyl (C=O) groups is 1. The topological polar surface area (TPSA) is 54.0 Å². The van der Waals surface area contributed by atoms with Crippen molar-refractivity contribution in [3.05, 3.63) is 71.8 Å². The van der Waals surface area contributed by atoms with Gasteiger partial charge in [-0.25, -0.2) is 4.98 Å². The summed E-state index contributed by atoms with van der Waals surface area (Å²) in [7, 11) is 0. The van der Waals surface area contributed by atoms with Crippen LogP contribution in [0, 0.1) is 6.92 Å². The van der Waals surface area contributed by atoms with E-state index in [1.165, 1.54) is 0 Å². The second-order valence-corrected chi connectivity index (χ2v) is 5.91. The fraction of sp³-hybridized carbons (Fsp3) is 0.200. The van der Waals surface area contributed by atoms with Crippen LogP contribution in [-0.2, 0) is 11.3 Å². The molecule has 2 aromatic carbocycles. The number of anilines is 1. The quantitative estimate of drug-likeness (QED) is 0.754. The van der Waals surface area contributed by atoms with Gasteiger partial charge in [-0.1, -0.05) is 48.5 Å². The van der Waals surface area contributed by atoms with Crippen molar-refractivity contribution in [2.24, 2.45) is 0 Å². The highest BCUT2D eigenvalue weighted by molar-refractivity contribution is 5.86. The predicted octanol–water partition coefficient (Wildman–Crippen LogP) is 3.66. The molecular formula is C20H21N3O. The van der Waals surface area contributed by atoms with E-state index in [-0.39, 0.29) is 11.9 Å². The molecule has 0 radical (unpaired) electrons. The Morgan fingerprint density at radius 3 is 2.58 bits per heavy atom. The Hall–Kier alpha value is -2.88. The van der Waals surface area contributed by atoms with E-state index in [2.05, 4.69) is 28.6 Å². The van der Waals surface area contributed by atoms with Crippen LogP contribution in [-0.4, -0.2) is 16.9 Å². The van der Waals surface area contributed by atoms with Gasteiger partial charge >= 0.3 is 0 Å². The third-order valence-corrected chi connectivity index (χ3v) is 3.99. The third kappa shape index (κ3) is 3.71. The number of nitrogens with one attached hydrogen (secondary N) is 2. The highest BCUT2D eigenvalue weighted by Crippen LogP contribution is 2.20. The molecule has 1 unspecified atom stereocenters. The van der Waals surface area contributed by atoms with E-state index in [0.29, 0.717) is 12.4 Å². The van der Waals surface area contributed by atoms with Crippen molar-refractivity contribution in [1.29, 1.82) is 0 Å². The summed E-state index contributed by atoms with van der Waals surface area (Å²) in [6, 6.07) is 19.5. The summed E-state index contributed by atoms with van der Waals surface area (Å²) in [5.41, 5.74) is 3.15. The van der Waals surface area contributed by atoms with Gasteiger partial charge in [0.2, 0.25) is 5.91 Å². The van der Waals surface area contributed by atoms with Crippen molar-refractivity contribution in [2.45, 2.75) is 26.4 Å². The van der Waals surface area contributed by atoms with Crippen LogP contribution in [0.3, 0.4) is 0 Å². The number of benzene rings is 2. The minimum Gasteiger partial charge on any atom is -0.359 e. The van der Waals surface area contributed by atoms with Crippen LogP contribution in [0.4, 0.5) is 5.82 Å². The van der Waals surface area contributed by atoms with Crippen molar-refractivity contribution in [1.82, 2.24) is 10.3 Å². The summed E-state index contributed by atoms with van der Waals surface area (Å²) in [5, 5.41) is 7.26. The summed E-state index contributed by atoms with van der Waals surface area (Å²) in [6.07, 6.45) is 0. The van der Waals surface area contributed by atoms with Crippen LogP contribution in [0.2, 0.25) is 0 Å². The zero-order valence-electron chi connectivity index (χ0n) is 13.9. The van der Waals surface area contributed by atoms with Crippen molar-refractivity contribution in [2.75, 3.05) is 5.32 Å². The Labute approximate surface area is 141 Å². The van der Waals surface area contributed by atoms with E-state index >= 15 is 0 Å². The first-order valence-corrected chi connectivity index (χ1v) is 8.08. The second-order valence-electron chi connectivity index (χ2n) is 5.91. The van der Waals surface area contributed by atoms with Gasteiger partial charge in [-0.05, 0) is 37.1 Å². The van der Waals surface area contributed by atoms with Gasteiger partial charge in [-0.3, -0.25) is 4.79 Å². The molecule has 0 saturated carbocycles. The molecule has 0 spiro atoms. The minimum absolute atomic E-state index is 0.0496. The molecule has 0 aliphatic heterocycles. The van der Waals surface area contributed by atoms with Gasteiger partial charge in [0.25, 0.3) is 0 Å². The molecule has 1 atom stereocenters. The first kappa shape index (κ1) is 16.0. The normalized spacial score (nSPS) is 11.9. The fourth-order valence-corrected chi connectivity index (χ4v) is 2.65. The number of aromatic nitrogens is 1. The summed E-state index contributed by atoms with van der Waals surface area (Å²) in [5.74, 6) is 0.667. The van der Waals surface area contributed by atoms with Crippen LogP contribution >= 0.6 is 0 Å². The number of nitrogens with zero attached hydrogens (tertiary/aromatic N) is 1. The van der Waals surface area contributed by atoms with Gasteiger partial charge in [0, 0.05) is 11.9 Å². The van der Waals surface area contributed by atoms with Crippen molar-refractivity contribution in [3.8, 4) is 0 Å². The maximum Gasteiger partial charge on any atom is 0.242 e. The van der Waals surface area contributed by atoms with Crippen LogP contribution in [0.5, 0.6) is 0 Å². The SMILES string of the molecule is Cc1cc(NC(C)C(=O)NCc2ccccc2)nc2ccccc12. The number of hydrogen-bond donors (Lipinski definition) is 2.